The molecule has 0 aliphatic carbocycles. The maximum Gasteiger partial charge on any atom is 0.273 e. The summed E-state index contributed by atoms with van der Waals surface area (Å²) < 4.78 is 1.75. The van der Waals surface area contributed by atoms with E-state index in [0.717, 1.165) is 25.9 Å². The summed E-state index contributed by atoms with van der Waals surface area (Å²) in [7, 11) is 1.70. The number of rotatable bonds is 5. The summed E-state index contributed by atoms with van der Waals surface area (Å²) >= 11 is 0. The standard InChI is InChI=1S/C13H22N6O2/c1-3-18(2)12(20)8-15-13(21)11-9-19(17-16-11)10-4-6-14-7-5-10/h9-10,14H,3-8H2,1-2H3,(H,15,21). The summed E-state index contributed by atoms with van der Waals surface area (Å²) in [6.07, 6.45) is 3.60. The van der Waals surface area contributed by atoms with Crippen LogP contribution in [-0.4, -0.2) is 64.9 Å². The Morgan fingerprint density at radius 2 is 2.19 bits per heavy atom. The Labute approximate surface area is 123 Å². The number of nitrogens with zero attached hydrogens (tertiary/aromatic N) is 4. The first-order valence-electron chi connectivity index (χ1n) is 7.26. The molecule has 1 aromatic rings. The van der Waals surface area contributed by atoms with Crippen LogP contribution in [0.1, 0.15) is 36.3 Å². The first-order chi connectivity index (χ1) is 10.1. The van der Waals surface area contributed by atoms with Gasteiger partial charge in [0.2, 0.25) is 5.91 Å². The van der Waals surface area contributed by atoms with Crippen molar-refractivity contribution in [3.05, 3.63) is 11.9 Å². The minimum Gasteiger partial charge on any atom is -0.345 e. The van der Waals surface area contributed by atoms with E-state index in [9.17, 15) is 9.59 Å². The molecule has 0 spiro atoms. The van der Waals surface area contributed by atoms with Crippen LogP contribution >= 0.6 is 0 Å². The molecule has 1 fully saturated rings. The summed E-state index contributed by atoms with van der Waals surface area (Å²) in [5.41, 5.74) is 0.250. The minimum atomic E-state index is -0.368. The fraction of sp³-hybridized carbons (Fsp3) is 0.692. The monoisotopic (exact) mass is 294 g/mol. The number of amides is 2. The third-order valence-electron chi connectivity index (χ3n) is 3.73. The van der Waals surface area contributed by atoms with Crippen LogP contribution in [-0.2, 0) is 4.79 Å². The Morgan fingerprint density at radius 1 is 1.48 bits per heavy atom. The number of piperidine rings is 1. The number of hydrogen-bond donors (Lipinski definition) is 2. The average molecular weight is 294 g/mol. The predicted octanol–water partition coefficient (Wildman–Crippen LogP) is -0.589. The molecule has 2 N–H and O–H groups in total. The van der Waals surface area contributed by atoms with Gasteiger partial charge in [-0.3, -0.25) is 9.59 Å². The lowest BCUT2D eigenvalue weighted by atomic mass is 10.1. The van der Waals surface area contributed by atoms with Gasteiger partial charge in [0, 0.05) is 13.6 Å². The molecule has 1 aliphatic heterocycles. The Hall–Kier alpha value is -1.96. The molecule has 1 aromatic heterocycles. The molecule has 0 atom stereocenters. The molecule has 116 valence electrons. The van der Waals surface area contributed by atoms with E-state index in [4.69, 9.17) is 0 Å². The topological polar surface area (TPSA) is 92.2 Å². The zero-order valence-corrected chi connectivity index (χ0v) is 12.5. The summed E-state index contributed by atoms with van der Waals surface area (Å²) in [6.45, 7) is 4.36. The van der Waals surface area contributed by atoms with E-state index in [1.165, 1.54) is 0 Å². The summed E-state index contributed by atoms with van der Waals surface area (Å²) in [5.74, 6) is -0.496. The number of carbonyl (C=O) groups excluding carboxylic acids is 2. The van der Waals surface area contributed by atoms with Crippen molar-refractivity contribution in [1.29, 1.82) is 0 Å². The summed E-state index contributed by atoms with van der Waals surface area (Å²) in [4.78, 5) is 25.1. The van der Waals surface area contributed by atoms with Gasteiger partial charge in [-0.1, -0.05) is 5.21 Å². The van der Waals surface area contributed by atoms with Crippen molar-refractivity contribution in [3.63, 3.8) is 0 Å². The van der Waals surface area contributed by atoms with Crippen LogP contribution in [0.5, 0.6) is 0 Å². The van der Waals surface area contributed by atoms with Crippen molar-refractivity contribution in [3.8, 4) is 0 Å². The number of likely N-dealkylation sites (N-methyl/N-ethyl adjacent to an activating group) is 1. The number of nitrogens with one attached hydrogen (secondary N) is 2. The second kappa shape index (κ2) is 7.16. The maximum atomic E-state index is 11.9. The Kier molecular flexibility index (Phi) is 5.26. The summed E-state index contributed by atoms with van der Waals surface area (Å²) in [5, 5.41) is 13.8. The molecule has 0 unspecified atom stereocenters. The predicted molar refractivity (Wildman–Crippen MR) is 76.8 cm³/mol. The lowest BCUT2D eigenvalue weighted by molar-refractivity contribution is -0.128. The highest BCUT2D eigenvalue weighted by atomic mass is 16.2. The van der Waals surface area contributed by atoms with E-state index >= 15 is 0 Å². The Balaban J connectivity index is 1.88. The van der Waals surface area contributed by atoms with Gasteiger partial charge in [-0.2, -0.15) is 0 Å². The maximum absolute atomic E-state index is 11.9. The third-order valence-corrected chi connectivity index (χ3v) is 3.73. The van der Waals surface area contributed by atoms with Crippen molar-refractivity contribution in [2.75, 3.05) is 33.2 Å². The average Bonchev–Trinajstić information content (AvgIpc) is 3.02. The van der Waals surface area contributed by atoms with E-state index < -0.39 is 0 Å². The van der Waals surface area contributed by atoms with Gasteiger partial charge in [0.05, 0.1) is 18.8 Å². The van der Waals surface area contributed by atoms with Gasteiger partial charge < -0.3 is 15.5 Å². The third kappa shape index (κ3) is 4.01. The molecule has 0 radical (unpaired) electrons. The molecule has 2 rings (SSSR count). The fourth-order valence-electron chi connectivity index (χ4n) is 2.19. The second-order valence-corrected chi connectivity index (χ2v) is 5.16. The number of carbonyl (C=O) groups is 2. The Morgan fingerprint density at radius 3 is 2.86 bits per heavy atom. The van der Waals surface area contributed by atoms with Crippen LogP contribution in [0.2, 0.25) is 0 Å². The van der Waals surface area contributed by atoms with Crippen molar-refractivity contribution >= 4 is 11.8 Å². The SMILES string of the molecule is CCN(C)C(=O)CNC(=O)c1cn(C2CCNCC2)nn1. The molecule has 0 saturated carbocycles. The zero-order valence-electron chi connectivity index (χ0n) is 12.5. The zero-order chi connectivity index (χ0) is 15.2. The first kappa shape index (κ1) is 15.4. The normalized spacial score (nSPS) is 15.7. The molecule has 0 aromatic carbocycles. The van der Waals surface area contributed by atoms with Crippen LogP contribution in [0.3, 0.4) is 0 Å². The molecule has 8 nitrogen and oxygen atoms in total. The lowest BCUT2D eigenvalue weighted by Crippen LogP contribution is -2.38. The van der Waals surface area contributed by atoms with Gasteiger partial charge in [-0.05, 0) is 32.9 Å². The van der Waals surface area contributed by atoms with E-state index in [2.05, 4.69) is 20.9 Å². The van der Waals surface area contributed by atoms with Crippen LogP contribution in [0.25, 0.3) is 0 Å². The smallest absolute Gasteiger partial charge is 0.273 e. The van der Waals surface area contributed by atoms with E-state index in [-0.39, 0.29) is 30.1 Å². The largest absolute Gasteiger partial charge is 0.345 e. The van der Waals surface area contributed by atoms with Crippen LogP contribution < -0.4 is 10.6 Å². The quantitative estimate of drug-likeness (QED) is 0.757. The van der Waals surface area contributed by atoms with E-state index in [0.29, 0.717) is 6.54 Å². The molecule has 2 heterocycles. The van der Waals surface area contributed by atoms with E-state index in [1.54, 1.807) is 22.8 Å². The molecule has 1 aliphatic rings. The molecule has 2 amide bonds. The molecular weight excluding hydrogens is 272 g/mol. The van der Waals surface area contributed by atoms with Gasteiger partial charge in [-0.15, -0.1) is 5.10 Å². The first-order valence-corrected chi connectivity index (χ1v) is 7.26. The van der Waals surface area contributed by atoms with Crippen molar-refractivity contribution in [2.45, 2.75) is 25.8 Å². The fourth-order valence-corrected chi connectivity index (χ4v) is 2.19. The molecule has 8 heteroatoms. The van der Waals surface area contributed by atoms with Crippen LogP contribution in [0.4, 0.5) is 0 Å². The van der Waals surface area contributed by atoms with Crippen LogP contribution in [0, 0.1) is 0 Å². The minimum absolute atomic E-state index is 0.0244. The van der Waals surface area contributed by atoms with Gasteiger partial charge in [0.1, 0.15) is 0 Å². The highest BCUT2D eigenvalue weighted by Crippen LogP contribution is 2.16. The van der Waals surface area contributed by atoms with Crippen LogP contribution in [0.15, 0.2) is 6.20 Å². The van der Waals surface area contributed by atoms with Gasteiger partial charge in [-0.25, -0.2) is 4.68 Å². The van der Waals surface area contributed by atoms with Crippen molar-refractivity contribution < 1.29 is 9.59 Å². The molecule has 1 saturated heterocycles. The highest BCUT2D eigenvalue weighted by Gasteiger charge is 2.19. The van der Waals surface area contributed by atoms with E-state index in [1.807, 2.05) is 6.92 Å². The second-order valence-electron chi connectivity index (χ2n) is 5.16. The number of hydrogen-bond acceptors (Lipinski definition) is 5. The highest BCUT2D eigenvalue weighted by molar-refractivity contribution is 5.94. The lowest BCUT2D eigenvalue weighted by Gasteiger charge is -2.22. The molecule has 0 bridgehead atoms. The van der Waals surface area contributed by atoms with Gasteiger partial charge in [0.15, 0.2) is 5.69 Å². The van der Waals surface area contributed by atoms with Crippen molar-refractivity contribution in [2.24, 2.45) is 0 Å². The summed E-state index contributed by atoms with van der Waals surface area (Å²) in [6, 6.07) is 0.285. The molecular formula is C13H22N6O2. The Bertz CT molecular complexity index is 495. The van der Waals surface area contributed by atoms with Gasteiger partial charge >= 0.3 is 0 Å². The number of aromatic nitrogens is 3. The molecule has 21 heavy (non-hydrogen) atoms. The van der Waals surface area contributed by atoms with Crippen molar-refractivity contribution in [1.82, 2.24) is 30.5 Å². The van der Waals surface area contributed by atoms with Gasteiger partial charge in [0.25, 0.3) is 5.91 Å².